The molecule has 2 N–H and O–H groups in total. The van der Waals surface area contributed by atoms with E-state index in [1.807, 2.05) is 22.6 Å². The summed E-state index contributed by atoms with van der Waals surface area (Å²) in [5, 5.41) is 4.39. The molecule has 1 fully saturated rings. The predicted molar refractivity (Wildman–Crippen MR) is 96.2 cm³/mol. The molecule has 3 heterocycles. The van der Waals surface area contributed by atoms with Gasteiger partial charge >= 0.3 is 0 Å². The van der Waals surface area contributed by atoms with E-state index < -0.39 is 0 Å². The molecular formula is C18H26N6O. The van der Waals surface area contributed by atoms with Crippen LogP contribution in [0.2, 0.25) is 0 Å². The highest BCUT2D eigenvalue weighted by molar-refractivity contribution is 5.95. The highest BCUT2D eigenvalue weighted by atomic mass is 16.2. The van der Waals surface area contributed by atoms with Crippen LogP contribution < -0.4 is 5.73 Å². The Kier molecular flexibility index (Phi) is 5.31. The van der Waals surface area contributed by atoms with Crippen LogP contribution in [-0.4, -0.2) is 43.6 Å². The molecule has 1 atom stereocenters. The third-order valence-corrected chi connectivity index (χ3v) is 4.88. The maximum atomic E-state index is 13.0. The number of nitrogens with two attached hydrogens (primary N) is 1. The van der Waals surface area contributed by atoms with Gasteiger partial charge in [0.2, 0.25) is 5.95 Å². The topological polar surface area (TPSA) is 89.9 Å². The van der Waals surface area contributed by atoms with Gasteiger partial charge in [-0.25, -0.2) is 9.97 Å². The van der Waals surface area contributed by atoms with Crippen LogP contribution in [0.25, 0.3) is 0 Å². The summed E-state index contributed by atoms with van der Waals surface area (Å²) in [4.78, 5) is 23.2. The van der Waals surface area contributed by atoms with Crippen LogP contribution in [0.5, 0.6) is 0 Å². The number of hydrogen-bond acceptors (Lipinski definition) is 5. The van der Waals surface area contributed by atoms with Gasteiger partial charge in [0.25, 0.3) is 5.91 Å². The molecule has 0 spiro atoms. The highest BCUT2D eigenvalue weighted by Crippen LogP contribution is 2.27. The Balaban J connectivity index is 1.73. The molecule has 1 unspecified atom stereocenters. The van der Waals surface area contributed by atoms with E-state index in [4.69, 9.17) is 5.73 Å². The van der Waals surface area contributed by atoms with Crippen LogP contribution in [-0.2, 0) is 6.54 Å². The maximum absolute atomic E-state index is 13.0. The minimum absolute atomic E-state index is 0.0620. The average Bonchev–Trinajstić information content (AvgIpc) is 3.00. The molecule has 0 saturated carbocycles. The van der Waals surface area contributed by atoms with Crippen LogP contribution >= 0.6 is 0 Å². The van der Waals surface area contributed by atoms with E-state index in [-0.39, 0.29) is 17.8 Å². The van der Waals surface area contributed by atoms with Gasteiger partial charge < -0.3 is 10.6 Å². The van der Waals surface area contributed by atoms with Crippen molar-refractivity contribution in [2.24, 2.45) is 0 Å². The number of rotatable bonds is 5. The number of nitrogens with zero attached hydrogens (tertiary/aromatic N) is 5. The molecule has 25 heavy (non-hydrogen) atoms. The van der Waals surface area contributed by atoms with Crippen molar-refractivity contribution in [3.8, 4) is 0 Å². The van der Waals surface area contributed by atoms with Gasteiger partial charge in [0.15, 0.2) is 0 Å². The number of unbranched alkanes of at least 4 members (excludes halogenated alkanes) is 1. The molecule has 1 saturated heterocycles. The van der Waals surface area contributed by atoms with Crippen LogP contribution in [0.3, 0.4) is 0 Å². The normalized spacial score (nSPS) is 17.7. The summed E-state index contributed by atoms with van der Waals surface area (Å²) in [6.45, 7) is 6.42. The number of likely N-dealkylation sites (tertiary alicyclic amines) is 1. The third-order valence-electron chi connectivity index (χ3n) is 4.88. The molecular weight excluding hydrogens is 316 g/mol. The molecule has 0 bridgehead atoms. The van der Waals surface area contributed by atoms with Crippen LogP contribution in [0, 0.1) is 6.92 Å². The van der Waals surface area contributed by atoms with Crippen molar-refractivity contribution in [2.75, 3.05) is 18.8 Å². The van der Waals surface area contributed by atoms with E-state index in [1.54, 1.807) is 12.4 Å². The molecule has 1 aliphatic heterocycles. The second kappa shape index (κ2) is 7.63. The number of aromatic nitrogens is 4. The van der Waals surface area contributed by atoms with Crippen LogP contribution in [0.4, 0.5) is 5.95 Å². The lowest BCUT2D eigenvalue weighted by molar-refractivity contribution is 0.0705. The van der Waals surface area contributed by atoms with E-state index in [9.17, 15) is 4.79 Å². The quantitative estimate of drug-likeness (QED) is 0.901. The minimum atomic E-state index is 0.0620. The lowest BCUT2D eigenvalue weighted by atomic mass is 9.94. The summed E-state index contributed by atoms with van der Waals surface area (Å²) in [6.07, 6.45) is 7.54. The molecule has 134 valence electrons. The summed E-state index contributed by atoms with van der Waals surface area (Å²) in [6, 6.07) is 1.89. The molecule has 1 aliphatic rings. The van der Waals surface area contributed by atoms with Gasteiger partial charge in [0.1, 0.15) is 0 Å². The number of hydrogen-bond donors (Lipinski definition) is 1. The number of piperidine rings is 1. The number of amides is 1. The van der Waals surface area contributed by atoms with Crippen LogP contribution in [0.1, 0.15) is 60.3 Å². The Labute approximate surface area is 148 Å². The summed E-state index contributed by atoms with van der Waals surface area (Å²) in [5.74, 6) is 0.555. The molecule has 7 nitrogen and oxygen atoms in total. The fraction of sp³-hybridized carbons (Fsp3) is 0.556. The summed E-state index contributed by atoms with van der Waals surface area (Å²) >= 11 is 0. The van der Waals surface area contributed by atoms with Gasteiger partial charge in [0.05, 0.1) is 17.5 Å². The first-order valence-corrected chi connectivity index (χ1v) is 9.00. The lowest BCUT2D eigenvalue weighted by Crippen LogP contribution is -2.39. The molecule has 2 aromatic rings. The second-order valence-electron chi connectivity index (χ2n) is 6.65. The predicted octanol–water partition coefficient (Wildman–Crippen LogP) is 2.38. The summed E-state index contributed by atoms with van der Waals surface area (Å²) in [7, 11) is 0. The molecule has 3 rings (SSSR count). The first kappa shape index (κ1) is 17.4. The number of aryl methyl sites for hydroxylation is 1. The van der Waals surface area contributed by atoms with E-state index in [2.05, 4.69) is 22.0 Å². The summed E-state index contributed by atoms with van der Waals surface area (Å²) in [5.41, 5.74) is 8.27. The number of carbonyl (C=O) groups is 1. The Hall–Kier alpha value is -2.44. The largest absolute Gasteiger partial charge is 0.368 e. The van der Waals surface area contributed by atoms with Gasteiger partial charge in [-0.05, 0) is 32.3 Å². The van der Waals surface area contributed by atoms with Gasteiger partial charge in [-0.2, -0.15) is 5.10 Å². The first-order chi connectivity index (χ1) is 12.1. The van der Waals surface area contributed by atoms with Gasteiger partial charge in [-0.15, -0.1) is 0 Å². The zero-order valence-corrected chi connectivity index (χ0v) is 15.0. The zero-order chi connectivity index (χ0) is 17.8. The third kappa shape index (κ3) is 3.81. The number of carbonyl (C=O) groups excluding carboxylic acids is 1. The monoisotopic (exact) mass is 342 g/mol. The zero-order valence-electron chi connectivity index (χ0n) is 15.0. The molecule has 0 aromatic carbocycles. The molecule has 1 amide bonds. The van der Waals surface area contributed by atoms with E-state index in [1.165, 1.54) is 0 Å². The first-order valence-electron chi connectivity index (χ1n) is 9.00. The second-order valence-corrected chi connectivity index (χ2v) is 6.65. The Morgan fingerprint density at radius 3 is 3.04 bits per heavy atom. The number of nitrogen functional groups attached to an aromatic ring is 1. The standard InChI is InChI=1S/C18H26N6O/c1-3-4-10-24-13(2)15(11-21-24)17(25)23-9-5-6-14(12-23)16-7-8-20-18(19)22-16/h7-8,11,14H,3-6,9-10,12H2,1-2H3,(H2,19,20,22). The molecule has 0 radical (unpaired) electrons. The minimum Gasteiger partial charge on any atom is -0.368 e. The molecule has 2 aromatic heterocycles. The Morgan fingerprint density at radius 2 is 2.28 bits per heavy atom. The Bertz CT molecular complexity index is 741. The van der Waals surface area contributed by atoms with Crippen LogP contribution in [0.15, 0.2) is 18.5 Å². The van der Waals surface area contributed by atoms with Gasteiger partial charge in [0, 0.05) is 37.4 Å². The Morgan fingerprint density at radius 1 is 1.44 bits per heavy atom. The SMILES string of the molecule is CCCCn1ncc(C(=O)N2CCCC(c3ccnc(N)n3)C2)c1C. The fourth-order valence-electron chi connectivity index (χ4n) is 3.38. The fourth-order valence-corrected chi connectivity index (χ4v) is 3.38. The average molecular weight is 342 g/mol. The van der Waals surface area contributed by atoms with Crippen molar-refractivity contribution in [1.82, 2.24) is 24.6 Å². The maximum Gasteiger partial charge on any atom is 0.257 e. The van der Waals surface area contributed by atoms with Crippen molar-refractivity contribution >= 4 is 11.9 Å². The smallest absolute Gasteiger partial charge is 0.257 e. The van der Waals surface area contributed by atoms with Crippen molar-refractivity contribution in [1.29, 1.82) is 0 Å². The summed E-state index contributed by atoms with van der Waals surface area (Å²) < 4.78 is 1.93. The van der Waals surface area contributed by atoms with Gasteiger partial charge in [-0.3, -0.25) is 9.48 Å². The van der Waals surface area contributed by atoms with Crippen molar-refractivity contribution in [3.63, 3.8) is 0 Å². The molecule has 0 aliphatic carbocycles. The number of anilines is 1. The highest BCUT2D eigenvalue weighted by Gasteiger charge is 2.28. The molecule has 7 heteroatoms. The van der Waals surface area contributed by atoms with Crippen molar-refractivity contribution < 1.29 is 4.79 Å². The van der Waals surface area contributed by atoms with Crippen molar-refractivity contribution in [3.05, 3.63) is 35.4 Å². The van der Waals surface area contributed by atoms with E-state index in [0.29, 0.717) is 12.1 Å². The van der Waals surface area contributed by atoms with Crippen molar-refractivity contribution in [2.45, 2.75) is 52.0 Å². The lowest BCUT2D eigenvalue weighted by Gasteiger charge is -2.32. The van der Waals surface area contributed by atoms with E-state index >= 15 is 0 Å². The van der Waals surface area contributed by atoms with Gasteiger partial charge in [-0.1, -0.05) is 13.3 Å². The van der Waals surface area contributed by atoms with E-state index in [0.717, 1.165) is 50.2 Å².